The largest absolute Gasteiger partial charge is 0.370 e. The minimum absolute atomic E-state index is 0.0450. The Kier molecular flexibility index (Phi) is 4.96. The summed E-state index contributed by atoms with van der Waals surface area (Å²) in [6.07, 6.45) is 2.04. The van der Waals surface area contributed by atoms with Crippen LogP contribution < -0.4 is 11.5 Å². The summed E-state index contributed by atoms with van der Waals surface area (Å²) >= 11 is 0. The molecule has 0 saturated carbocycles. The Hall–Kier alpha value is -1.88. The fourth-order valence-electron chi connectivity index (χ4n) is 2.76. The number of carbonyl (C=O) groups excluding carboxylic acids is 2. The number of carbonyl (C=O) groups is 2. The van der Waals surface area contributed by atoms with Gasteiger partial charge < -0.3 is 16.4 Å². The van der Waals surface area contributed by atoms with E-state index in [1.807, 2.05) is 31.2 Å². The Morgan fingerprint density at radius 3 is 2.33 bits per heavy atom. The molecule has 114 valence electrons. The van der Waals surface area contributed by atoms with E-state index in [-0.39, 0.29) is 11.8 Å². The van der Waals surface area contributed by atoms with Crippen LogP contribution >= 0.6 is 0 Å². The summed E-state index contributed by atoms with van der Waals surface area (Å²) in [6.45, 7) is 3.30. The highest BCUT2D eigenvalue weighted by Gasteiger charge is 2.27. The van der Waals surface area contributed by atoms with Gasteiger partial charge in [-0.2, -0.15) is 0 Å². The highest BCUT2D eigenvalue weighted by Crippen LogP contribution is 2.23. The van der Waals surface area contributed by atoms with Crippen LogP contribution in [0.25, 0.3) is 0 Å². The number of hydrogen-bond acceptors (Lipinski definition) is 3. The van der Waals surface area contributed by atoms with Crippen molar-refractivity contribution in [3.63, 3.8) is 0 Å². The number of likely N-dealkylation sites (tertiary alicyclic amines) is 1. The lowest BCUT2D eigenvalue weighted by atomic mass is 9.92. The molecule has 2 amide bonds. The van der Waals surface area contributed by atoms with Crippen LogP contribution in [0.4, 0.5) is 0 Å². The van der Waals surface area contributed by atoms with Crippen molar-refractivity contribution in [1.82, 2.24) is 4.90 Å². The number of primary amides is 1. The number of nitrogens with zero attached hydrogens (tertiary/aromatic N) is 1. The van der Waals surface area contributed by atoms with Crippen molar-refractivity contribution >= 4 is 11.8 Å². The van der Waals surface area contributed by atoms with Crippen molar-refractivity contribution in [2.24, 2.45) is 17.4 Å². The van der Waals surface area contributed by atoms with E-state index in [1.165, 1.54) is 0 Å². The number of aryl methyl sites for hydroxylation is 1. The molecule has 1 aromatic carbocycles. The predicted molar refractivity (Wildman–Crippen MR) is 81.2 cm³/mol. The van der Waals surface area contributed by atoms with Gasteiger partial charge in [0.1, 0.15) is 6.04 Å². The second-order valence-electron chi connectivity index (χ2n) is 5.83. The summed E-state index contributed by atoms with van der Waals surface area (Å²) < 4.78 is 0. The quantitative estimate of drug-likeness (QED) is 0.870. The molecule has 1 heterocycles. The number of nitrogens with two attached hydrogens (primary N) is 2. The summed E-state index contributed by atoms with van der Waals surface area (Å²) in [5, 5.41) is 0. The van der Waals surface area contributed by atoms with Crippen LogP contribution in [0.3, 0.4) is 0 Å². The molecule has 0 bridgehead atoms. The maximum atomic E-state index is 12.4. The first-order valence-corrected chi connectivity index (χ1v) is 7.36. The van der Waals surface area contributed by atoms with Crippen molar-refractivity contribution in [3.8, 4) is 0 Å². The lowest BCUT2D eigenvalue weighted by Crippen LogP contribution is -2.43. The van der Waals surface area contributed by atoms with Crippen LogP contribution in [-0.2, 0) is 9.59 Å². The molecule has 1 saturated heterocycles. The van der Waals surface area contributed by atoms with Crippen molar-refractivity contribution in [1.29, 1.82) is 0 Å². The Bertz CT molecular complexity index is 505. The van der Waals surface area contributed by atoms with Gasteiger partial charge >= 0.3 is 0 Å². The molecule has 0 radical (unpaired) electrons. The Morgan fingerprint density at radius 2 is 1.81 bits per heavy atom. The zero-order valence-corrected chi connectivity index (χ0v) is 12.4. The van der Waals surface area contributed by atoms with Gasteiger partial charge in [0.15, 0.2) is 0 Å². The van der Waals surface area contributed by atoms with Crippen LogP contribution in [0.5, 0.6) is 0 Å². The Morgan fingerprint density at radius 1 is 1.24 bits per heavy atom. The molecule has 4 N–H and O–H groups in total. The zero-order valence-electron chi connectivity index (χ0n) is 12.4. The van der Waals surface area contributed by atoms with Gasteiger partial charge in [-0.3, -0.25) is 9.59 Å². The van der Waals surface area contributed by atoms with E-state index < -0.39 is 6.04 Å². The van der Waals surface area contributed by atoms with Crippen molar-refractivity contribution in [2.75, 3.05) is 13.1 Å². The molecule has 1 aromatic rings. The molecular formula is C16H23N3O2. The van der Waals surface area contributed by atoms with Gasteiger partial charge in [-0.25, -0.2) is 0 Å². The Labute approximate surface area is 125 Å². The van der Waals surface area contributed by atoms with E-state index in [2.05, 4.69) is 0 Å². The number of amides is 2. The van der Waals surface area contributed by atoms with Gasteiger partial charge in [0, 0.05) is 19.5 Å². The highest BCUT2D eigenvalue weighted by atomic mass is 16.2. The first-order valence-electron chi connectivity index (χ1n) is 7.36. The molecule has 21 heavy (non-hydrogen) atoms. The van der Waals surface area contributed by atoms with Crippen molar-refractivity contribution in [2.45, 2.75) is 32.2 Å². The van der Waals surface area contributed by atoms with Crippen molar-refractivity contribution < 1.29 is 9.59 Å². The van der Waals surface area contributed by atoms with Crippen LogP contribution in [0.15, 0.2) is 24.3 Å². The van der Waals surface area contributed by atoms with E-state index in [9.17, 15) is 9.59 Å². The minimum Gasteiger partial charge on any atom is -0.370 e. The predicted octanol–water partition coefficient (Wildman–Crippen LogP) is 1.11. The van der Waals surface area contributed by atoms with Gasteiger partial charge in [0.2, 0.25) is 11.8 Å². The molecule has 1 aliphatic heterocycles. The molecule has 5 heteroatoms. The van der Waals surface area contributed by atoms with Gasteiger partial charge in [0.25, 0.3) is 0 Å². The molecular weight excluding hydrogens is 266 g/mol. The molecule has 1 unspecified atom stereocenters. The number of piperidine rings is 1. The summed E-state index contributed by atoms with van der Waals surface area (Å²) in [6, 6.07) is 7.11. The molecule has 1 fully saturated rings. The first kappa shape index (κ1) is 15.5. The SMILES string of the molecule is Cc1ccc(C(N)C(=O)N2CCC(CC(N)=O)CC2)cc1. The summed E-state index contributed by atoms with van der Waals surface area (Å²) in [5.41, 5.74) is 13.3. The van der Waals surface area contributed by atoms with E-state index in [0.717, 1.165) is 24.0 Å². The van der Waals surface area contributed by atoms with Crippen LogP contribution in [-0.4, -0.2) is 29.8 Å². The van der Waals surface area contributed by atoms with Crippen LogP contribution in [0.1, 0.15) is 36.4 Å². The molecule has 2 rings (SSSR count). The van der Waals surface area contributed by atoms with Crippen LogP contribution in [0, 0.1) is 12.8 Å². The average Bonchev–Trinajstić information content (AvgIpc) is 2.47. The van der Waals surface area contributed by atoms with Crippen molar-refractivity contribution in [3.05, 3.63) is 35.4 Å². The second-order valence-corrected chi connectivity index (χ2v) is 5.83. The Balaban J connectivity index is 1.92. The lowest BCUT2D eigenvalue weighted by molar-refractivity contribution is -0.134. The maximum Gasteiger partial charge on any atom is 0.244 e. The number of rotatable bonds is 4. The lowest BCUT2D eigenvalue weighted by Gasteiger charge is -2.33. The minimum atomic E-state index is -0.613. The van der Waals surface area contributed by atoms with Gasteiger partial charge in [-0.05, 0) is 31.2 Å². The fourth-order valence-corrected chi connectivity index (χ4v) is 2.76. The zero-order chi connectivity index (χ0) is 15.4. The maximum absolute atomic E-state index is 12.4. The summed E-state index contributed by atoms with van der Waals surface area (Å²) in [4.78, 5) is 25.1. The number of benzene rings is 1. The molecule has 5 nitrogen and oxygen atoms in total. The highest BCUT2D eigenvalue weighted by molar-refractivity contribution is 5.83. The third-order valence-electron chi connectivity index (χ3n) is 4.12. The van der Waals surface area contributed by atoms with E-state index in [0.29, 0.717) is 25.4 Å². The molecule has 0 aliphatic carbocycles. The normalized spacial score (nSPS) is 17.5. The number of hydrogen-bond donors (Lipinski definition) is 2. The van der Waals surface area contributed by atoms with Crippen LogP contribution in [0.2, 0.25) is 0 Å². The topological polar surface area (TPSA) is 89.4 Å². The van der Waals surface area contributed by atoms with Gasteiger partial charge in [-0.15, -0.1) is 0 Å². The molecule has 1 aliphatic rings. The standard InChI is InChI=1S/C16H23N3O2/c1-11-2-4-13(5-3-11)15(18)16(21)19-8-6-12(7-9-19)10-14(17)20/h2-5,12,15H,6-10,18H2,1H3,(H2,17,20). The van der Waals surface area contributed by atoms with E-state index in [4.69, 9.17) is 11.5 Å². The van der Waals surface area contributed by atoms with E-state index >= 15 is 0 Å². The smallest absolute Gasteiger partial charge is 0.244 e. The summed E-state index contributed by atoms with van der Waals surface area (Å²) in [7, 11) is 0. The summed E-state index contributed by atoms with van der Waals surface area (Å²) in [5.74, 6) is -0.0188. The van der Waals surface area contributed by atoms with Gasteiger partial charge in [-0.1, -0.05) is 29.8 Å². The molecule has 1 atom stereocenters. The van der Waals surface area contributed by atoms with Gasteiger partial charge in [0.05, 0.1) is 0 Å². The van der Waals surface area contributed by atoms with E-state index in [1.54, 1.807) is 4.90 Å². The second kappa shape index (κ2) is 6.72. The fraction of sp³-hybridized carbons (Fsp3) is 0.500. The monoisotopic (exact) mass is 289 g/mol. The first-order chi connectivity index (χ1) is 9.97. The third kappa shape index (κ3) is 4.04. The third-order valence-corrected chi connectivity index (χ3v) is 4.12. The molecule has 0 spiro atoms. The average molecular weight is 289 g/mol. The molecule has 0 aromatic heterocycles.